The van der Waals surface area contributed by atoms with Crippen molar-refractivity contribution < 1.29 is 8.63 Å². The lowest BCUT2D eigenvalue weighted by atomic mass is 9.94. The van der Waals surface area contributed by atoms with Gasteiger partial charge in [0.15, 0.2) is 5.13 Å². The molecule has 0 bridgehead atoms. The summed E-state index contributed by atoms with van der Waals surface area (Å²) in [5.41, 5.74) is -0.114. The van der Waals surface area contributed by atoms with Crippen LogP contribution in [0.2, 0.25) is 0 Å². The summed E-state index contributed by atoms with van der Waals surface area (Å²) >= 11 is 1.34. The Hall–Kier alpha value is -2.06. The number of aromatic nitrogens is 3. The quantitative estimate of drug-likeness (QED) is 0.742. The number of anilines is 2. The van der Waals surface area contributed by atoms with E-state index in [1.54, 1.807) is 18.6 Å². The smallest absolute Gasteiger partial charge is 0.207 e. The molecule has 3 heterocycles. The van der Waals surface area contributed by atoms with E-state index in [9.17, 15) is 4.21 Å². The van der Waals surface area contributed by atoms with E-state index in [1.165, 1.54) is 11.3 Å². The zero-order valence-electron chi connectivity index (χ0n) is 13.6. The minimum Gasteiger partial charge on any atom is -0.444 e. The van der Waals surface area contributed by atoms with Crippen LogP contribution in [0.25, 0.3) is 0 Å². The van der Waals surface area contributed by atoms with Crippen LogP contribution in [0.3, 0.4) is 0 Å². The topological polar surface area (TPSA) is 80.9 Å². The zero-order valence-corrected chi connectivity index (χ0v) is 15.3. The molecule has 0 amide bonds. The lowest BCUT2D eigenvalue weighted by Gasteiger charge is -2.12. The van der Waals surface area contributed by atoms with Crippen LogP contribution < -0.4 is 5.32 Å². The van der Waals surface area contributed by atoms with E-state index in [0.717, 1.165) is 5.76 Å². The highest BCUT2D eigenvalue weighted by Crippen LogP contribution is 2.27. The number of nitrogens with one attached hydrogen (secondary N) is 1. The standard InChI is InChI=1S/C16H18N4O2S2/c1-16(2,3)11-8-18-13(22-11)10-24(21)14-9-19-15(23-14)20-12-6-4-5-7-17-12/h4-9H,10H2,1-3H3,(H,17,19,20). The van der Waals surface area contributed by atoms with Gasteiger partial charge in [-0.05, 0) is 12.1 Å². The van der Waals surface area contributed by atoms with Gasteiger partial charge < -0.3 is 9.73 Å². The molecule has 1 N–H and O–H groups in total. The number of rotatable bonds is 5. The fourth-order valence-electron chi connectivity index (χ4n) is 1.88. The molecule has 0 aliphatic heterocycles. The second kappa shape index (κ2) is 6.82. The Morgan fingerprint density at radius 1 is 1.21 bits per heavy atom. The Balaban J connectivity index is 1.67. The third-order valence-corrected chi connectivity index (χ3v) is 5.73. The van der Waals surface area contributed by atoms with Gasteiger partial charge in [-0.3, -0.25) is 4.21 Å². The maximum atomic E-state index is 12.5. The van der Waals surface area contributed by atoms with Crippen molar-refractivity contribution in [1.29, 1.82) is 0 Å². The molecule has 0 saturated heterocycles. The fraction of sp³-hybridized carbons (Fsp3) is 0.312. The second-order valence-electron chi connectivity index (χ2n) is 6.18. The van der Waals surface area contributed by atoms with Gasteiger partial charge in [-0.15, -0.1) is 0 Å². The molecule has 0 saturated carbocycles. The monoisotopic (exact) mass is 362 g/mol. The molecule has 3 aromatic heterocycles. The number of hydrogen-bond donors (Lipinski definition) is 1. The number of thiazole rings is 1. The Bertz CT molecular complexity index is 837. The van der Waals surface area contributed by atoms with Crippen LogP contribution in [0.4, 0.5) is 10.9 Å². The molecule has 6 nitrogen and oxygen atoms in total. The summed E-state index contributed by atoms with van der Waals surface area (Å²) in [6, 6.07) is 5.58. The summed E-state index contributed by atoms with van der Waals surface area (Å²) in [6.45, 7) is 6.15. The van der Waals surface area contributed by atoms with E-state index in [4.69, 9.17) is 4.42 Å². The van der Waals surface area contributed by atoms with Crippen molar-refractivity contribution in [2.24, 2.45) is 0 Å². The van der Waals surface area contributed by atoms with Gasteiger partial charge in [0.25, 0.3) is 0 Å². The van der Waals surface area contributed by atoms with Crippen molar-refractivity contribution in [2.45, 2.75) is 36.1 Å². The van der Waals surface area contributed by atoms with Crippen molar-refractivity contribution in [2.75, 3.05) is 5.32 Å². The third-order valence-electron chi connectivity index (χ3n) is 3.16. The Morgan fingerprint density at radius 3 is 2.71 bits per heavy atom. The number of nitrogens with zero attached hydrogens (tertiary/aromatic N) is 3. The first-order valence-electron chi connectivity index (χ1n) is 7.39. The van der Waals surface area contributed by atoms with Gasteiger partial charge in [0.05, 0.1) is 23.2 Å². The van der Waals surface area contributed by atoms with Crippen LogP contribution in [0, 0.1) is 0 Å². The largest absolute Gasteiger partial charge is 0.444 e. The van der Waals surface area contributed by atoms with Crippen molar-refractivity contribution >= 4 is 33.1 Å². The van der Waals surface area contributed by atoms with Gasteiger partial charge in [-0.1, -0.05) is 38.2 Å². The van der Waals surface area contributed by atoms with Crippen molar-refractivity contribution in [3.63, 3.8) is 0 Å². The fourth-order valence-corrected chi connectivity index (χ4v) is 3.89. The van der Waals surface area contributed by atoms with E-state index < -0.39 is 10.8 Å². The summed E-state index contributed by atoms with van der Waals surface area (Å²) < 4.78 is 18.8. The molecule has 126 valence electrons. The van der Waals surface area contributed by atoms with Crippen LogP contribution in [0.15, 0.2) is 45.4 Å². The summed E-state index contributed by atoms with van der Waals surface area (Å²) in [6.07, 6.45) is 5.01. The van der Waals surface area contributed by atoms with Gasteiger partial charge in [-0.25, -0.2) is 15.0 Å². The molecule has 8 heteroatoms. The van der Waals surface area contributed by atoms with Crippen LogP contribution in [-0.4, -0.2) is 19.2 Å². The molecule has 0 fully saturated rings. The molecule has 1 unspecified atom stereocenters. The highest BCUT2D eigenvalue weighted by Gasteiger charge is 2.20. The van der Waals surface area contributed by atoms with E-state index in [0.29, 0.717) is 21.0 Å². The van der Waals surface area contributed by atoms with Crippen LogP contribution >= 0.6 is 11.3 Å². The maximum absolute atomic E-state index is 12.5. The highest BCUT2D eigenvalue weighted by atomic mass is 32.2. The molecule has 0 aliphatic carbocycles. The lowest BCUT2D eigenvalue weighted by molar-refractivity contribution is 0.390. The minimum atomic E-state index is -1.25. The normalized spacial score (nSPS) is 13.0. The van der Waals surface area contributed by atoms with E-state index >= 15 is 0 Å². The van der Waals surface area contributed by atoms with Gasteiger partial charge in [-0.2, -0.15) is 0 Å². The van der Waals surface area contributed by atoms with E-state index in [2.05, 4.69) is 20.3 Å². The number of hydrogen-bond acceptors (Lipinski definition) is 7. The van der Waals surface area contributed by atoms with Crippen LogP contribution in [0.5, 0.6) is 0 Å². The third kappa shape index (κ3) is 4.07. The molecule has 0 aromatic carbocycles. The molecule has 3 aromatic rings. The Morgan fingerprint density at radius 2 is 2.04 bits per heavy atom. The number of pyridine rings is 1. The summed E-state index contributed by atoms with van der Waals surface area (Å²) in [7, 11) is -1.25. The van der Waals surface area contributed by atoms with E-state index in [1.807, 2.05) is 39.0 Å². The Kier molecular flexibility index (Phi) is 4.77. The van der Waals surface area contributed by atoms with Crippen molar-refractivity contribution in [3.05, 3.63) is 48.4 Å². The summed E-state index contributed by atoms with van der Waals surface area (Å²) in [4.78, 5) is 12.6. The first kappa shape index (κ1) is 16.8. The SMILES string of the molecule is CC(C)(C)c1cnc(CS(=O)c2cnc(Nc3ccccn3)s2)o1. The molecular weight excluding hydrogens is 344 g/mol. The molecular formula is C16H18N4O2S2. The van der Waals surface area contributed by atoms with Gasteiger partial charge in [0.1, 0.15) is 21.5 Å². The highest BCUT2D eigenvalue weighted by molar-refractivity contribution is 7.86. The average molecular weight is 362 g/mol. The average Bonchev–Trinajstić information content (AvgIpc) is 3.17. The minimum absolute atomic E-state index is 0.114. The van der Waals surface area contributed by atoms with E-state index in [-0.39, 0.29) is 11.2 Å². The lowest BCUT2D eigenvalue weighted by Crippen LogP contribution is -2.09. The van der Waals surface area contributed by atoms with Gasteiger partial charge in [0, 0.05) is 11.6 Å². The zero-order chi connectivity index (χ0) is 17.2. The van der Waals surface area contributed by atoms with Gasteiger partial charge in [0.2, 0.25) is 5.89 Å². The molecule has 0 aliphatic rings. The van der Waals surface area contributed by atoms with Crippen molar-refractivity contribution in [1.82, 2.24) is 15.0 Å². The van der Waals surface area contributed by atoms with Crippen LogP contribution in [0.1, 0.15) is 32.4 Å². The van der Waals surface area contributed by atoms with Gasteiger partial charge >= 0.3 is 0 Å². The molecule has 24 heavy (non-hydrogen) atoms. The molecule has 0 radical (unpaired) electrons. The predicted molar refractivity (Wildman–Crippen MR) is 94.9 cm³/mol. The van der Waals surface area contributed by atoms with Crippen LogP contribution in [-0.2, 0) is 22.0 Å². The Labute approximate surface area is 146 Å². The molecule has 1 atom stereocenters. The predicted octanol–water partition coefficient (Wildman–Crippen LogP) is 3.88. The number of oxazole rings is 1. The second-order valence-corrected chi connectivity index (χ2v) is 8.89. The first-order valence-corrected chi connectivity index (χ1v) is 9.53. The molecule has 0 spiro atoms. The first-order chi connectivity index (χ1) is 11.4. The maximum Gasteiger partial charge on any atom is 0.207 e. The summed E-state index contributed by atoms with van der Waals surface area (Å²) in [5, 5.41) is 3.74. The summed E-state index contributed by atoms with van der Waals surface area (Å²) in [5.74, 6) is 2.20. The van der Waals surface area contributed by atoms with Crippen molar-refractivity contribution in [3.8, 4) is 0 Å². The molecule has 3 rings (SSSR count).